The molecule has 1 aromatic carbocycles. The number of ether oxygens (including phenoxy) is 1. The second-order valence-electron chi connectivity index (χ2n) is 5.53. The molecule has 1 aliphatic carbocycles. The number of carbonyl (C=O) groups excluding carboxylic acids is 1. The zero-order valence-corrected chi connectivity index (χ0v) is 11.7. The molecule has 0 aliphatic heterocycles. The van der Waals surface area contributed by atoms with Crippen molar-refractivity contribution >= 4 is 5.78 Å². The minimum atomic E-state index is 0.0778. The lowest BCUT2D eigenvalue weighted by atomic mass is 9.65. The summed E-state index contributed by atoms with van der Waals surface area (Å²) < 4.78 is 5.51. The SMILES string of the molecule is CCCOc1ccc(C(=O)CC2(CN)CCC2)cc1. The quantitative estimate of drug-likeness (QED) is 0.767. The number of rotatable bonds is 7. The summed E-state index contributed by atoms with van der Waals surface area (Å²) in [5, 5.41) is 0. The molecule has 2 rings (SSSR count). The van der Waals surface area contributed by atoms with E-state index in [1.165, 1.54) is 6.42 Å². The molecule has 1 saturated carbocycles. The molecule has 0 bridgehead atoms. The van der Waals surface area contributed by atoms with E-state index in [2.05, 4.69) is 6.92 Å². The number of carbonyl (C=O) groups is 1. The average Bonchev–Trinajstić information content (AvgIpc) is 2.41. The lowest BCUT2D eigenvalue weighted by Gasteiger charge is -2.40. The molecule has 2 N–H and O–H groups in total. The van der Waals surface area contributed by atoms with Gasteiger partial charge in [0.15, 0.2) is 5.78 Å². The largest absolute Gasteiger partial charge is 0.494 e. The van der Waals surface area contributed by atoms with Gasteiger partial charge < -0.3 is 10.5 Å². The Balaban J connectivity index is 1.95. The molecule has 0 radical (unpaired) electrons. The Morgan fingerprint density at radius 3 is 2.47 bits per heavy atom. The minimum Gasteiger partial charge on any atom is -0.494 e. The van der Waals surface area contributed by atoms with Crippen LogP contribution in [0.2, 0.25) is 0 Å². The maximum Gasteiger partial charge on any atom is 0.163 e. The lowest BCUT2D eigenvalue weighted by molar-refractivity contribution is 0.0786. The minimum absolute atomic E-state index is 0.0778. The van der Waals surface area contributed by atoms with Crippen LogP contribution in [0.4, 0.5) is 0 Å². The molecule has 1 aliphatic rings. The highest BCUT2D eigenvalue weighted by Gasteiger charge is 2.37. The third-order valence-electron chi connectivity index (χ3n) is 4.03. The van der Waals surface area contributed by atoms with Gasteiger partial charge >= 0.3 is 0 Å². The summed E-state index contributed by atoms with van der Waals surface area (Å²) >= 11 is 0. The van der Waals surface area contributed by atoms with Crippen molar-refractivity contribution in [1.29, 1.82) is 0 Å². The van der Waals surface area contributed by atoms with Crippen molar-refractivity contribution in [3.63, 3.8) is 0 Å². The van der Waals surface area contributed by atoms with Gasteiger partial charge in [-0.15, -0.1) is 0 Å². The Morgan fingerprint density at radius 2 is 2.00 bits per heavy atom. The second-order valence-corrected chi connectivity index (χ2v) is 5.53. The molecule has 3 nitrogen and oxygen atoms in total. The molecule has 0 aromatic heterocycles. The normalized spacial score (nSPS) is 16.7. The van der Waals surface area contributed by atoms with Gasteiger partial charge in [0.25, 0.3) is 0 Å². The Hall–Kier alpha value is -1.35. The maximum atomic E-state index is 12.2. The van der Waals surface area contributed by atoms with Gasteiger partial charge in [0.05, 0.1) is 6.61 Å². The van der Waals surface area contributed by atoms with Crippen LogP contribution in [0.25, 0.3) is 0 Å². The smallest absolute Gasteiger partial charge is 0.163 e. The average molecular weight is 261 g/mol. The number of hydrogen-bond donors (Lipinski definition) is 1. The van der Waals surface area contributed by atoms with Crippen LogP contribution in [0, 0.1) is 5.41 Å². The van der Waals surface area contributed by atoms with Gasteiger partial charge in [-0.3, -0.25) is 4.79 Å². The lowest BCUT2D eigenvalue weighted by Crippen LogP contribution is -2.39. The first-order valence-corrected chi connectivity index (χ1v) is 7.15. The summed E-state index contributed by atoms with van der Waals surface area (Å²) in [4.78, 5) is 12.2. The van der Waals surface area contributed by atoms with Crippen LogP contribution in [0.5, 0.6) is 5.75 Å². The standard InChI is InChI=1S/C16H23NO2/c1-2-10-19-14-6-4-13(5-7-14)15(18)11-16(12-17)8-3-9-16/h4-7H,2-3,8-12,17H2,1H3. The molecule has 0 amide bonds. The fourth-order valence-electron chi connectivity index (χ4n) is 2.53. The summed E-state index contributed by atoms with van der Waals surface area (Å²) in [5.74, 6) is 1.03. The van der Waals surface area contributed by atoms with E-state index in [1.807, 2.05) is 24.3 Å². The third-order valence-corrected chi connectivity index (χ3v) is 4.03. The first kappa shape index (κ1) is 14.1. The number of ketones is 1. The molecule has 1 fully saturated rings. The third kappa shape index (κ3) is 3.35. The summed E-state index contributed by atoms with van der Waals surface area (Å²) in [6.45, 7) is 3.41. The molecule has 0 unspecified atom stereocenters. The Bertz CT molecular complexity index is 415. The Labute approximate surface area is 115 Å². The van der Waals surface area contributed by atoms with Crippen LogP contribution >= 0.6 is 0 Å². The van der Waals surface area contributed by atoms with Gasteiger partial charge in [-0.05, 0) is 55.5 Å². The predicted molar refractivity (Wildman–Crippen MR) is 76.5 cm³/mol. The fraction of sp³-hybridized carbons (Fsp3) is 0.562. The molecule has 1 aromatic rings. The number of nitrogens with two attached hydrogens (primary N) is 1. The van der Waals surface area contributed by atoms with E-state index in [0.717, 1.165) is 30.6 Å². The molecule has 104 valence electrons. The van der Waals surface area contributed by atoms with Gasteiger partial charge in [0, 0.05) is 12.0 Å². The summed E-state index contributed by atoms with van der Waals surface area (Å²) in [6.07, 6.45) is 4.95. The van der Waals surface area contributed by atoms with Crippen LogP contribution in [0.3, 0.4) is 0 Å². The molecule has 0 saturated heterocycles. The van der Waals surface area contributed by atoms with Crippen molar-refractivity contribution in [3.05, 3.63) is 29.8 Å². The fourth-order valence-corrected chi connectivity index (χ4v) is 2.53. The van der Waals surface area contributed by atoms with Gasteiger partial charge in [0.1, 0.15) is 5.75 Å². The van der Waals surface area contributed by atoms with E-state index in [0.29, 0.717) is 19.6 Å². The van der Waals surface area contributed by atoms with Crippen LogP contribution in [-0.2, 0) is 0 Å². The zero-order valence-electron chi connectivity index (χ0n) is 11.7. The van der Waals surface area contributed by atoms with E-state index >= 15 is 0 Å². The molecule has 3 heteroatoms. The molecule has 0 atom stereocenters. The van der Waals surface area contributed by atoms with E-state index in [-0.39, 0.29) is 11.2 Å². The number of Topliss-reactive ketones (excluding diaryl/α,β-unsaturated/α-hetero) is 1. The van der Waals surface area contributed by atoms with Crippen molar-refractivity contribution in [3.8, 4) is 5.75 Å². The summed E-state index contributed by atoms with van der Waals surface area (Å²) in [6, 6.07) is 7.46. The zero-order chi connectivity index (χ0) is 13.7. The van der Waals surface area contributed by atoms with E-state index < -0.39 is 0 Å². The predicted octanol–water partition coefficient (Wildman–Crippen LogP) is 3.18. The second kappa shape index (κ2) is 6.20. The molecular weight excluding hydrogens is 238 g/mol. The van der Waals surface area contributed by atoms with Crippen molar-refractivity contribution < 1.29 is 9.53 Å². The van der Waals surface area contributed by atoms with Crippen molar-refractivity contribution in [2.45, 2.75) is 39.0 Å². The first-order valence-electron chi connectivity index (χ1n) is 7.15. The van der Waals surface area contributed by atoms with Crippen LogP contribution in [-0.4, -0.2) is 18.9 Å². The van der Waals surface area contributed by atoms with E-state index in [1.54, 1.807) is 0 Å². The van der Waals surface area contributed by atoms with Crippen LogP contribution in [0.1, 0.15) is 49.4 Å². The van der Waals surface area contributed by atoms with Gasteiger partial charge in [-0.25, -0.2) is 0 Å². The maximum absolute atomic E-state index is 12.2. The molecule has 0 spiro atoms. The number of benzene rings is 1. The molecule has 19 heavy (non-hydrogen) atoms. The van der Waals surface area contributed by atoms with Crippen molar-refractivity contribution in [2.75, 3.05) is 13.2 Å². The van der Waals surface area contributed by atoms with Crippen molar-refractivity contribution in [2.24, 2.45) is 11.1 Å². The topological polar surface area (TPSA) is 52.3 Å². The first-order chi connectivity index (χ1) is 9.19. The van der Waals surface area contributed by atoms with Gasteiger partial charge in [-0.2, -0.15) is 0 Å². The molecule has 0 heterocycles. The summed E-state index contributed by atoms with van der Waals surface area (Å²) in [7, 11) is 0. The number of hydrogen-bond acceptors (Lipinski definition) is 3. The van der Waals surface area contributed by atoms with Crippen LogP contribution in [0.15, 0.2) is 24.3 Å². The van der Waals surface area contributed by atoms with Crippen molar-refractivity contribution in [1.82, 2.24) is 0 Å². The highest BCUT2D eigenvalue weighted by molar-refractivity contribution is 5.96. The Kier molecular flexibility index (Phi) is 4.59. The molecular formula is C16H23NO2. The van der Waals surface area contributed by atoms with Gasteiger partial charge in [-0.1, -0.05) is 13.3 Å². The van der Waals surface area contributed by atoms with Crippen LogP contribution < -0.4 is 10.5 Å². The highest BCUT2D eigenvalue weighted by Crippen LogP contribution is 2.43. The monoisotopic (exact) mass is 261 g/mol. The van der Waals surface area contributed by atoms with E-state index in [9.17, 15) is 4.79 Å². The Morgan fingerprint density at radius 1 is 1.32 bits per heavy atom. The highest BCUT2D eigenvalue weighted by atomic mass is 16.5. The van der Waals surface area contributed by atoms with Gasteiger partial charge in [0.2, 0.25) is 0 Å². The summed E-state index contributed by atoms with van der Waals surface area (Å²) in [5.41, 5.74) is 6.65. The van der Waals surface area contributed by atoms with E-state index in [4.69, 9.17) is 10.5 Å².